The van der Waals surface area contributed by atoms with Gasteiger partial charge >= 0.3 is 0 Å². The molecular weight excluding hydrogens is 348 g/mol. The highest BCUT2D eigenvalue weighted by atomic mass is 32.2. The molecule has 2 aliphatic heterocycles. The van der Waals surface area contributed by atoms with E-state index in [9.17, 15) is 13.2 Å². The van der Waals surface area contributed by atoms with Crippen LogP contribution in [0.5, 0.6) is 0 Å². The minimum atomic E-state index is -3.59. The van der Waals surface area contributed by atoms with Crippen molar-refractivity contribution in [3.05, 3.63) is 23.8 Å². The average molecular weight is 370 g/mol. The van der Waals surface area contributed by atoms with E-state index in [2.05, 4.69) is 0 Å². The van der Waals surface area contributed by atoms with Crippen molar-refractivity contribution in [3.8, 4) is 0 Å². The first kappa shape index (κ1) is 17.7. The van der Waals surface area contributed by atoms with E-state index in [1.54, 1.807) is 17.0 Å². The zero-order valence-corrected chi connectivity index (χ0v) is 15.4. The van der Waals surface area contributed by atoms with E-state index in [0.29, 0.717) is 31.9 Å². The Morgan fingerprint density at radius 3 is 2.42 bits per heavy atom. The first-order chi connectivity index (χ1) is 11.5. The third-order valence-electron chi connectivity index (χ3n) is 4.40. The van der Waals surface area contributed by atoms with Gasteiger partial charge in [-0.05, 0) is 37.3 Å². The molecule has 0 radical (unpaired) electrons. The molecule has 0 N–H and O–H groups in total. The summed E-state index contributed by atoms with van der Waals surface area (Å²) in [5.41, 5.74) is 0.485. The van der Waals surface area contributed by atoms with Gasteiger partial charge in [0.25, 0.3) is 5.91 Å². The second kappa shape index (κ2) is 7.43. The molecule has 132 valence electrons. The Hall–Kier alpha value is -1.09. The summed E-state index contributed by atoms with van der Waals surface area (Å²) in [5.74, 6) is -0.0733. The first-order valence-corrected chi connectivity index (χ1v) is 10.8. The van der Waals surface area contributed by atoms with E-state index in [1.165, 1.54) is 22.1 Å². The van der Waals surface area contributed by atoms with Gasteiger partial charge in [-0.2, -0.15) is 4.31 Å². The number of ether oxygens (including phenoxy) is 1. The lowest BCUT2D eigenvalue weighted by molar-refractivity contribution is 0.0730. The zero-order chi connectivity index (χ0) is 17.2. The van der Waals surface area contributed by atoms with Crippen molar-refractivity contribution in [3.63, 3.8) is 0 Å². The van der Waals surface area contributed by atoms with Crippen molar-refractivity contribution in [2.24, 2.45) is 0 Å². The van der Waals surface area contributed by atoms with Crippen LogP contribution in [0.15, 0.2) is 28.0 Å². The van der Waals surface area contributed by atoms with Crippen LogP contribution in [0.25, 0.3) is 0 Å². The fraction of sp³-hybridized carbons (Fsp3) is 0.562. The number of nitrogens with zero attached hydrogens (tertiary/aromatic N) is 2. The average Bonchev–Trinajstić information content (AvgIpc) is 3.16. The molecule has 0 spiro atoms. The van der Waals surface area contributed by atoms with Crippen LogP contribution < -0.4 is 0 Å². The quantitative estimate of drug-likeness (QED) is 0.754. The molecule has 0 aromatic heterocycles. The van der Waals surface area contributed by atoms with Crippen LogP contribution in [0.3, 0.4) is 0 Å². The standard InChI is InChI=1S/C16H22N2O4S2/c1-23-15-5-4-13(24(20,21)18-8-10-22-11-9-18)12-14(15)16(19)17-6-2-3-7-17/h4-5,12H,2-3,6-11H2,1H3. The highest BCUT2D eigenvalue weighted by Gasteiger charge is 2.29. The largest absolute Gasteiger partial charge is 0.379 e. The third kappa shape index (κ3) is 3.46. The molecule has 0 unspecified atom stereocenters. The van der Waals surface area contributed by atoms with E-state index in [1.807, 2.05) is 6.26 Å². The number of hydrogen-bond donors (Lipinski definition) is 0. The van der Waals surface area contributed by atoms with Gasteiger partial charge in [-0.25, -0.2) is 8.42 Å². The summed E-state index contributed by atoms with van der Waals surface area (Å²) in [7, 11) is -3.59. The minimum absolute atomic E-state index is 0.0733. The molecule has 8 heteroatoms. The maximum absolute atomic E-state index is 12.8. The maximum Gasteiger partial charge on any atom is 0.255 e. The van der Waals surface area contributed by atoms with Crippen molar-refractivity contribution >= 4 is 27.7 Å². The molecule has 0 saturated carbocycles. The smallest absolute Gasteiger partial charge is 0.255 e. The van der Waals surface area contributed by atoms with E-state index < -0.39 is 10.0 Å². The second-order valence-electron chi connectivity index (χ2n) is 5.88. The number of hydrogen-bond acceptors (Lipinski definition) is 5. The Kier molecular flexibility index (Phi) is 5.49. The van der Waals surface area contributed by atoms with Crippen LogP contribution in [0.4, 0.5) is 0 Å². The summed E-state index contributed by atoms with van der Waals surface area (Å²) >= 11 is 1.46. The third-order valence-corrected chi connectivity index (χ3v) is 7.09. The van der Waals surface area contributed by atoms with Crippen LogP contribution in [0, 0.1) is 0 Å². The predicted molar refractivity (Wildman–Crippen MR) is 92.9 cm³/mol. The van der Waals surface area contributed by atoms with Gasteiger partial charge in [0.15, 0.2) is 0 Å². The van der Waals surface area contributed by atoms with Gasteiger partial charge in [0.05, 0.1) is 23.7 Å². The van der Waals surface area contributed by atoms with Crippen LogP contribution in [-0.4, -0.2) is 69.2 Å². The lowest BCUT2D eigenvalue weighted by atomic mass is 10.2. The molecule has 1 aromatic carbocycles. The summed E-state index contributed by atoms with van der Waals surface area (Å²) in [5, 5.41) is 0. The van der Waals surface area contributed by atoms with Crippen molar-refractivity contribution < 1.29 is 17.9 Å². The summed E-state index contributed by atoms with van der Waals surface area (Å²) in [6.07, 6.45) is 3.91. The molecule has 2 heterocycles. The van der Waals surface area contributed by atoms with Crippen LogP contribution in [0.2, 0.25) is 0 Å². The molecule has 2 aliphatic rings. The normalized spacial score (nSPS) is 19.6. The number of benzene rings is 1. The molecule has 6 nitrogen and oxygen atoms in total. The summed E-state index contributed by atoms with van der Waals surface area (Å²) in [6.45, 7) is 2.99. The Morgan fingerprint density at radius 2 is 1.79 bits per heavy atom. The van der Waals surface area contributed by atoms with Crippen molar-refractivity contribution in [2.45, 2.75) is 22.6 Å². The van der Waals surface area contributed by atoms with Crippen molar-refractivity contribution in [1.82, 2.24) is 9.21 Å². The Bertz CT molecular complexity index is 709. The van der Waals surface area contributed by atoms with Gasteiger partial charge in [0.1, 0.15) is 0 Å². The van der Waals surface area contributed by atoms with Crippen molar-refractivity contribution in [1.29, 1.82) is 0 Å². The first-order valence-electron chi connectivity index (χ1n) is 8.09. The van der Waals surface area contributed by atoms with Gasteiger partial charge in [0.2, 0.25) is 10.0 Å². The number of thioether (sulfide) groups is 1. The summed E-state index contributed by atoms with van der Waals surface area (Å²) < 4.78 is 32.3. The highest BCUT2D eigenvalue weighted by molar-refractivity contribution is 7.98. The molecule has 1 aromatic rings. The number of rotatable bonds is 4. The SMILES string of the molecule is CSc1ccc(S(=O)(=O)N2CCOCC2)cc1C(=O)N1CCCC1. The number of likely N-dealkylation sites (tertiary alicyclic amines) is 1. The van der Waals surface area contributed by atoms with Gasteiger partial charge in [0, 0.05) is 31.1 Å². The summed E-state index contributed by atoms with van der Waals surface area (Å²) in [4.78, 5) is 15.6. The van der Waals surface area contributed by atoms with Crippen LogP contribution in [-0.2, 0) is 14.8 Å². The topological polar surface area (TPSA) is 66.9 Å². The molecule has 0 bridgehead atoms. The molecule has 0 atom stereocenters. The minimum Gasteiger partial charge on any atom is -0.379 e. The lowest BCUT2D eigenvalue weighted by Crippen LogP contribution is -2.40. The fourth-order valence-corrected chi connectivity index (χ4v) is 5.05. The molecule has 0 aliphatic carbocycles. The Labute approximate surface area is 147 Å². The molecule has 1 amide bonds. The van der Waals surface area contributed by atoms with Crippen molar-refractivity contribution in [2.75, 3.05) is 45.6 Å². The molecule has 2 saturated heterocycles. The summed E-state index contributed by atoms with van der Waals surface area (Å²) in [6, 6.07) is 4.87. The Morgan fingerprint density at radius 1 is 1.12 bits per heavy atom. The maximum atomic E-state index is 12.8. The molecular formula is C16H22N2O4S2. The zero-order valence-electron chi connectivity index (χ0n) is 13.7. The van der Waals surface area contributed by atoms with E-state index >= 15 is 0 Å². The number of carbonyl (C=O) groups excluding carboxylic acids is 1. The number of amides is 1. The monoisotopic (exact) mass is 370 g/mol. The molecule has 2 fully saturated rings. The van der Waals surface area contributed by atoms with Crippen LogP contribution in [0.1, 0.15) is 23.2 Å². The van der Waals surface area contributed by atoms with Gasteiger partial charge < -0.3 is 9.64 Å². The van der Waals surface area contributed by atoms with Gasteiger partial charge in [-0.3, -0.25) is 4.79 Å². The highest BCUT2D eigenvalue weighted by Crippen LogP contribution is 2.27. The Balaban J connectivity index is 1.94. The lowest BCUT2D eigenvalue weighted by Gasteiger charge is -2.26. The van der Waals surface area contributed by atoms with E-state index in [4.69, 9.17) is 4.74 Å². The number of morpholine rings is 1. The molecule has 3 rings (SSSR count). The number of carbonyl (C=O) groups is 1. The number of sulfonamides is 1. The van der Waals surface area contributed by atoms with Gasteiger partial charge in [-0.1, -0.05) is 0 Å². The van der Waals surface area contributed by atoms with E-state index in [-0.39, 0.29) is 10.8 Å². The fourth-order valence-electron chi connectivity index (χ4n) is 3.04. The van der Waals surface area contributed by atoms with Gasteiger partial charge in [-0.15, -0.1) is 11.8 Å². The van der Waals surface area contributed by atoms with E-state index in [0.717, 1.165) is 30.8 Å². The van der Waals surface area contributed by atoms with Crippen LogP contribution >= 0.6 is 11.8 Å². The molecule has 24 heavy (non-hydrogen) atoms. The predicted octanol–water partition coefficient (Wildman–Crippen LogP) is 1.67. The second-order valence-corrected chi connectivity index (χ2v) is 8.66.